The van der Waals surface area contributed by atoms with Gasteiger partial charge in [-0.15, -0.1) is 0 Å². The summed E-state index contributed by atoms with van der Waals surface area (Å²) in [5.41, 5.74) is 4.97. The smallest absolute Gasteiger partial charge is 0.251 e. The van der Waals surface area contributed by atoms with Gasteiger partial charge in [-0.1, -0.05) is 51.3 Å². The van der Waals surface area contributed by atoms with Gasteiger partial charge in [-0.2, -0.15) is 0 Å². The predicted molar refractivity (Wildman–Crippen MR) is 152 cm³/mol. The molecule has 37 heavy (non-hydrogen) atoms. The average molecular weight is 503 g/mol. The third-order valence-corrected chi connectivity index (χ3v) is 7.24. The Morgan fingerprint density at radius 1 is 1.00 bits per heavy atom. The van der Waals surface area contributed by atoms with Crippen molar-refractivity contribution in [2.75, 3.05) is 31.1 Å². The number of anilines is 1. The van der Waals surface area contributed by atoms with Crippen molar-refractivity contribution in [3.05, 3.63) is 65.4 Å². The Bertz CT molecular complexity index is 1200. The van der Waals surface area contributed by atoms with E-state index in [-0.39, 0.29) is 11.8 Å². The van der Waals surface area contributed by atoms with Gasteiger partial charge in [-0.3, -0.25) is 14.5 Å². The van der Waals surface area contributed by atoms with Gasteiger partial charge in [0.1, 0.15) is 0 Å². The van der Waals surface area contributed by atoms with Crippen molar-refractivity contribution in [2.45, 2.75) is 65.8 Å². The Morgan fingerprint density at radius 2 is 1.76 bits per heavy atom. The second-order valence-corrected chi connectivity index (χ2v) is 10.8. The number of hydrogen-bond donors (Lipinski definition) is 2. The first-order chi connectivity index (χ1) is 17.9. The van der Waals surface area contributed by atoms with E-state index >= 15 is 0 Å². The second-order valence-electron chi connectivity index (χ2n) is 10.8. The zero-order chi connectivity index (χ0) is 26.2. The van der Waals surface area contributed by atoms with E-state index in [0.29, 0.717) is 18.0 Å². The number of rotatable bonds is 6. The summed E-state index contributed by atoms with van der Waals surface area (Å²) in [5.74, 6) is 0.541. The maximum atomic E-state index is 13.2. The first-order valence-corrected chi connectivity index (χ1v) is 13.9. The molecule has 1 aliphatic rings. The highest BCUT2D eigenvalue weighted by atomic mass is 16.2. The minimum Gasteiger partial charge on any atom is -0.361 e. The number of benzene rings is 2. The fourth-order valence-electron chi connectivity index (χ4n) is 5.44. The summed E-state index contributed by atoms with van der Waals surface area (Å²) in [6.07, 6.45) is 8.56. The van der Waals surface area contributed by atoms with Crippen LogP contribution >= 0.6 is 0 Å². The van der Waals surface area contributed by atoms with Crippen molar-refractivity contribution in [3.8, 4) is 0 Å². The molecule has 0 aliphatic carbocycles. The minimum atomic E-state index is -0.0708. The highest BCUT2D eigenvalue weighted by molar-refractivity contribution is 5.97. The van der Waals surface area contributed by atoms with Gasteiger partial charge in [0, 0.05) is 61.5 Å². The maximum Gasteiger partial charge on any atom is 0.251 e. The monoisotopic (exact) mass is 502 g/mol. The molecule has 0 saturated carbocycles. The molecule has 1 aliphatic heterocycles. The number of nitrogens with zero attached hydrogens (tertiary/aromatic N) is 2. The third kappa shape index (κ3) is 7.22. The van der Waals surface area contributed by atoms with E-state index < -0.39 is 0 Å². The molecule has 2 aromatic carbocycles. The molecule has 4 rings (SSSR count). The highest BCUT2D eigenvalue weighted by Crippen LogP contribution is 2.26. The average Bonchev–Trinajstić information content (AvgIpc) is 3.27. The fraction of sp³-hybridized carbons (Fsp3) is 0.484. The second kappa shape index (κ2) is 12.9. The van der Waals surface area contributed by atoms with E-state index in [0.717, 1.165) is 62.2 Å². The standard InChI is InChI=1S/C31H42N4O2/c1-23(2)21-34-17-9-5-4-6-10-18-35(24(3)36)30-14-13-25(19-27(30)22-34)31(37)32-16-15-26-20-33-29-12-8-7-11-28(26)29/h7-8,11-14,19-20,23,33H,4-6,9-10,15-18,21-22H2,1-3H3,(H,32,37). The van der Waals surface area contributed by atoms with Crippen molar-refractivity contribution >= 4 is 28.4 Å². The van der Waals surface area contributed by atoms with E-state index in [1.807, 2.05) is 41.4 Å². The number of hydrogen-bond acceptors (Lipinski definition) is 3. The number of aromatic amines is 1. The van der Waals surface area contributed by atoms with Crippen molar-refractivity contribution in [1.82, 2.24) is 15.2 Å². The Labute approximate surface area is 221 Å². The van der Waals surface area contributed by atoms with Crippen LogP contribution in [0.1, 0.15) is 74.4 Å². The molecule has 0 fully saturated rings. The molecule has 2 heterocycles. The van der Waals surface area contributed by atoms with Crippen molar-refractivity contribution < 1.29 is 9.59 Å². The lowest BCUT2D eigenvalue weighted by Crippen LogP contribution is -2.34. The summed E-state index contributed by atoms with van der Waals surface area (Å²) in [6.45, 7) is 10.2. The molecule has 3 aromatic rings. The van der Waals surface area contributed by atoms with Crippen LogP contribution in [0.15, 0.2) is 48.7 Å². The van der Waals surface area contributed by atoms with Crippen LogP contribution in [0, 0.1) is 5.92 Å². The molecule has 6 nitrogen and oxygen atoms in total. The first-order valence-electron chi connectivity index (χ1n) is 13.9. The summed E-state index contributed by atoms with van der Waals surface area (Å²) in [4.78, 5) is 33.5. The molecule has 2 N–H and O–H groups in total. The molecular weight excluding hydrogens is 460 g/mol. The first kappa shape index (κ1) is 26.9. The van der Waals surface area contributed by atoms with Crippen LogP contribution in [-0.4, -0.2) is 47.9 Å². The summed E-state index contributed by atoms with van der Waals surface area (Å²) in [5, 5.41) is 4.31. The number of carbonyl (C=O) groups excluding carboxylic acids is 2. The largest absolute Gasteiger partial charge is 0.361 e. The Morgan fingerprint density at radius 3 is 2.54 bits per heavy atom. The molecule has 0 saturated heterocycles. The van der Waals surface area contributed by atoms with Gasteiger partial charge in [-0.05, 0) is 67.1 Å². The molecule has 0 spiro atoms. The topological polar surface area (TPSA) is 68.4 Å². The molecule has 0 radical (unpaired) electrons. The number of fused-ring (bicyclic) bond motifs is 2. The molecule has 0 bridgehead atoms. The van der Waals surface area contributed by atoms with Crippen LogP contribution in [-0.2, 0) is 17.8 Å². The summed E-state index contributed by atoms with van der Waals surface area (Å²) in [7, 11) is 0. The Balaban J connectivity index is 1.53. The molecule has 1 aromatic heterocycles. The van der Waals surface area contributed by atoms with Gasteiger partial charge in [0.15, 0.2) is 0 Å². The quantitative estimate of drug-likeness (QED) is 0.440. The molecule has 198 valence electrons. The van der Waals surface area contributed by atoms with Crippen molar-refractivity contribution in [2.24, 2.45) is 5.92 Å². The predicted octanol–water partition coefficient (Wildman–Crippen LogP) is 5.92. The number of nitrogens with one attached hydrogen (secondary N) is 2. The van der Waals surface area contributed by atoms with Crippen LogP contribution in [0.4, 0.5) is 5.69 Å². The van der Waals surface area contributed by atoms with Gasteiger partial charge in [0.2, 0.25) is 5.91 Å². The summed E-state index contributed by atoms with van der Waals surface area (Å²) < 4.78 is 0. The van der Waals surface area contributed by atoms with Crippen molar-refractivity contribution in [3.63, 3.8) is 0 Å². The lowest BCUT2D eigenvalue weighted by Gasteiger charge is -2.30. The van der Waals surface area contributed by atoms with Gasteiger partial charge in [-0.25, -0.2) is 0 Å². The Hall–Kier alpha value is -3.12. The van der Waals surface area contributed by atoms with E-state index in [4.69, 9.17) is 0 Å². The lowest BCUT2D eigenvalue weighted by atomic mass is 10.0. The molecule has 0 atom stereocenters. The van der Waals surface area contributed by atoms with E-state index in [2.05, 4.69) is 41.2 Å². The number of H-pyrrole nitrogens is 1. The fourth-order valence-corrected chi connectivity index (χ4v) is 5.44. The molecular formula is C31H42N4O2. The molecule has 2 amide bonds. The van der Waals surface area contributed by atoms with Crippen LogP contribution in [0.3, 0.4) is 0 Å². The third-order valence-electron chi connectivity index (χ3n) is 7.24. The lowest BCUT2D eigenvalue weighted by molar-refractivity contribution is -0.116. The van der Waals surface area contributed by atoms with Crippen LogP contribution in [0.5, 0.6) is 0 Å². The van der Waals surface area contributed by atoms with Crippen LogP contribution in [0.2, 0.25) is 0 Å². The highest BCUT2D eigenvalue weighted by Gasteiger charge is 2.20. The Kier molecular flexibility index (Phi) is 9.40. The zero-order valence-electron chi connectivity index (χ0n) is 22.7. The van der Waals surface area contributed by atoms with Crippen molar-refractivity contribution in [1.29, 1.82) is 0 Å². The maximum absolute atomic E-state index is 13.2. The normalized spacial score (nSPS) is 15.7. The zero-order valence-corrected chi connectivity index (χ0v) is 22.7. The number of aromatic nitrogens is 1. The van der Waals surface area contributed by atoms with E-state index in [9.17, 15) is 9.59 Å². The minimum absolute atomic E-state index is 0.0599. The number of carbonyl (C=O) groups is 2. The van der Waals surface area contributed by atoms with E-state index in [1.54, 1.807) is 6.92 Å². The number of para-hydroxylation sites is 1. The molecule has 0 unspecified atom stereocenters. The van der Waals surface area contributed by atoms with Gasteiger partial charge in [0.05, 0.1) is 0 Å². The van der Waals surface area contributed by atoms with E-state index in [1.165, 1.54) is 30.2 Å². The molecule has 6 heteroatoms. The van der Waals surface area contributed by atoms with Gasteiger partial charge < -0.3 is 15.2 Å². The summed E-state index contributed by atoms with van der Waals surface area (Å²) >= 11 is 0. The van der Waals surface area contributed by atoms with Crippen LogP contribution in [0.25, 0.3) is 10.9 Å². The van der Waals surface area contributed by atoms with Gasteiger partial charge >= 0.3 is 0 Å². The summed E-state index contributed by atoms with van der Waals surface area (Å²) in [6, 6.07) is 14.1. The van der Waals surface area contributed by atoms with Crippen LogP contribution < -0.4 is 10.2 Å². The number of amides is 2. The SMILES string of the molecule is CC(=O)N1CCCCCCCN(CC(C)C)Cc2cc(C(=O)NCCc3c[nH]c4ccccc34)ccc21. The van der Waals surface area contributed by atoms with Gasteiger partial charge in [0.25, 0.3) is 5.91 Å².